The maximum absolute atomic E-state index is 12.2. The van der Waals surface area contributed by atoms with E-state index in [0.29, 0.717) is 18.6 Å². The van der Waals surface area contributed by atoms with E-state index in [-0.39, 0.29) is 0 Å². The number of nitrogens with zero attached hydrogens (tertiary/aromatic N) is 1. The van der Waals surface area contributed by atoms with Gasteiger partial charge in [0.1, 0.15) is 12.6 Å². The second kappa shape index (κ2) is 7.36. The second-order valence-corrected chi connectivity index (χ2v) is 7.84. The first-order valence-electron chi connectivity index (χ1n) is 9.62. The lowest BCUT2D eigenvalue weighted by atomic mass is 9.75. The Kier molecular flexibility index (Phi) is 4.89. The number of para-hydroxylation sites is 1. The second-order valence-electron chi connectivity index (χ2n) is 7.84. The van der Waals surface area contributed by atoms with Gasteiger partial charge in [0.25, 0.3) is 0 Å². The molecule has 2 aromatic rings. The Morgan fingerprint density at radius 1 is 1.14 bits per heavy atom. The number of fused-ring (bicyclic) bond motifs is 3. The summed E-state index contributed by atoms with van der Waals surface area (Å²) in [6.45, 7) is 2.50. The first-order chi connectivity index (χ1) is 13.5. The molecule has 2 aromatic carbocycles. The number of carbonyl (C=O) groups excluding carboxylic acids is 1. The van der Waals surface area contributed by atoms with Gasteiger partial charge in [-0.25, -0.2) is 4.79 Å². The normalized spacial score (nSPS) is 25.0. The molecule has 2 heterocycles. The number of amides is 1. The van der Waals surface area contributed by atoms with Gasteiger partial charge in [0.05, 0.1) is 40.3 Å². The molecule has 148 valence electrons. The van der Waals surface area contributed by atoms with E-state index in [1.807, 2.05) is 30.3 Å². The summed E-state index contributed by atoms with van der Waals surface area (Å²) in [5.41, 5.74) is 3.33. The van der Waals surface area contributed by atoms with Crippen molar-refractivity contribution in [2.45, 2.75) is 12.5 Å². The van der Waals surface area contributed by atoms with Gasteiger partial charge in [-0.05, 0) is 29.8 Å². The summed E-state index contributed by atoms with van der Waals surface area (Å²) in [6.07, 6.45) is 0.612. The van der Waals surface area contributed by atoms with Crippen LogP contribution in [0.1, 0.15) is 17.2 Å². The average Bonchev–Trinajstić information content (AvgIpc) is 2.69. The van der Waals surface area contributed by atoms with Crippen LogP contribution in [0.15, 0.2) is 42.5 Å². The van der Waals surface area contributed by atoms with Crippen molar-refractivity contribution in [3.8, 4) is 11.5 Å². The summed E-state index contributed by atoms with van der Waals surface area (Å²) < 4.78 is 17.5. The van der Waals surface area contributed by atoms with Crippen molar-refractivity contribution < 1.29 is 23.5 Å². The Balaban J connectivity index is 1.47. The predicted octanol–water partition coefficient (Wildman–Crippen LogP) is 3.63. The van der Waals surface area contributed by atoms with Gasteiger partial charge in [0.2, 0.25) is 0 Å². The lowest BCUT2D eigenvalue weighted by Gasteiger charge is -2.57. The Morgan fingerprint density at radius 2 is 1.86 bits per heavy atom. The van der Waals surface area contributed by atoms with Gasteiger partial charge in [-0.15, -0.1) is 0 Å². The SMILES string of the molecule is COc1cc2c(cc1OC)[C@H]1[C@@H](COC(=O)Nc3ccccc3)C[N+]1(C)CC2. The van der Waals surface area contributed by atoms with E-state index in [4.69, 9.17) is 14.2 Å². The van der Waals surface area contributed by atoms with E-state index in [0.717, 1.165) is 41.2 Å². The zero-order chi connectivity index (χ0) is 19.7. The van der Waals surface area contributed by atoms with Crippen molar-refractivity contribution in [2.24, 2.45) is 5.92 Å². The molecule has 1 unspecified atom stereocenters. The number of likely N-dealkylation sites (N-methyl/N-ethyl adjacent to an activating group) is 1. The van der Waals surface area contributed by atoms with Crippen LogP contribution in [0.3, 0.4) is 0 Å². The fourth-order valence-corrected chi connectivity index (χ4v) is 4.75. The number of quaternary nitrogens is 1. The van der Waals surface area contributed by atoms with E-state index < -0.39 is 6.09 Å². The molecule has 1 N–H and O–H groups in total. The van der Waals surface area contributed by atoms with Crippen LogP contribution in [-0.4, -0.2) is 51.5 Å². The number of ether oxygens (including phenoxy) is 3. The third kappa shape index (κ3) is 3.29. The van der Waals surface area contributed by atoms with Crippen LogP contribution >= 0.6 is 0 Å². The zero-order valence-corrected chi connectivity index (χ0v) is 16.6. The highest BCUT2D eigenvalue weighted by atomic mass is 16.5. The Labute approximate surface area is 165 Å². The Hall–Kier alpha value is -2.73. The fraction of sp³-hybridized carbons (Fsp3) is 0.409. The number of anilines is 1. The van der Waals surface area contributed by atoms with Gasteiger partial charge < -0.3 is 18.7 Å². The molecule has 6 nitrogen and oxygen atoms in total. The molecule has 28 heavy (non-hydrogen) atoms. The molecule has 3 atom stereocenters. The summed E-state index contributed by atoms with van der Waals surface area (Å²) in [6, 6.07) is 13.9. The molecule has 1 saturated heterocycles. The molecular weight excluding hydrogens is 356 g/mol. The van der Waals surface area contributed by atoms with Gasteiger partial charge in [0.15, 0.2) is 11.5 Å². The fourth-order valence-electron chi connectivity index (χ4n) is 4.75. The van der Waals surface area contributed by atoms with Gasteiger partial charge >= 0.3 is 6.09 Å². The van der Waals surface area contributed by atoms with Gasteiger partial charge in [-0.3, -0.25) is 5.32 Å². The molecule has 1 fully saturated rings. The van der Waals surface area contributed by atoms with Crippen LogP contribution in [0.2, 0.25) is 0 Å². The summed E-state index contributed by atoms with van der Waals surface area (Å²) >= 11 is 0. The van der Waals surface area contributed by atoms with Crippen molar-refractivity contribution in [3.05, 3.63) is 53.6 Å². The third-order valence-corrected chi connectivity index (χ3v) is 6.07. The quantitative estimate of drug-likeness (QED) is 0.801. The first kappa shape index (κ1) is 18.6. The molecule has 1 amide bonds. The van der Waals surface area contributed by atoms with Crippen LogP contribution in [0, 0.1) is 5.92 Å². The number of rotatable bonds is 5. The third-order valence-electron chi connectivity index (χ3n) is 6.07. The van der Waals surface area contributed by atoms with E-state index in [1.165, 1.54) is 11.1 Å². The summed E-state index contributed by atoms with van der Waals surface area (Å²) in [5, 5.41) is 2.78. The van der Waals surface area contributed by atoms with Crippen molar-refractivity contribution in [3.63, 3.8) is 0 Å². The van der Waals surface area contributed by atoms with Crippen molar-refractivity contribution in [2.75, 3.05) is 46.3 Å². The van der Waals surface area contributed by atoms with Crippen molar-refractivity contribution in [1.29, 1.82) is 0 Å². The minimum atomic E-state index is -0.407. The number of nitrogens with one attached hydrogen (secondary N) is 1. The minimum Gasteiger partial charge on any atom is -0.493 e. The van der Waals surface area contributed by atoms with E-state index in [1.54, 1.807) is 14.2 Å². The molecule has 0 aromatic heterocycles. The summed E-state index contributed by atoms with van der Waals surface area (Å²) in [7, 11) is 5.61. The largest absolute Gasteiger partial charge is 0.493 e. The van der Waals surface area contributed by atoms with Crippen molar-refractivity contribution in [1.82, 2.24) is 0 Å². The molecule has 0 spiro atoms. The maximum Gasteiger partial charge on any atom is 0.411 e. The lowest BCUT2D eigenvalue weighted by molar-refractivity contribution is -0.992. The monoisotopic (exact) mass is 383 g/mol. The average molecular weight is 383 g/mol. The highest BCUT2D eigenvalue weighted by molar-refractivity contribution is 5.84. The smallest absolute Gasteiger partial charge is 0.411 e. The number of hydrogen-bond acceptors (Lipinski definition) is 4. The van der Waals surface area contributed by atoms with E-state index in [2.05, 4.69) is 24.5 Å². The van der Waals surface area contributed by atoms with Gasteiger partial charge in [-0.1, -0.05) is 18.2 Å². The number of hydrogen-bond donors (Lipinski definition) is 1. The van der Waals surface area contributed by atoms with Gasteiger partial charge in [0, 0.05) is 17.7 Å². The van der Waals surface area contributed by atoms with E-state index in [9.17, 15) is 4.79 Å². The van der Waals surface area contributed by atoms with Crippen LogP contribution in [0.4, 0.5) is 10.5 Å². The number of benzene rings is 2. The molecule has 6 heteroatoms. The van der Waals surface area contributed by atoms with Crippen LogP contribution < -0.4 is 14.8 Å². The predicted molar refractivity (Wildman–Crippen MR) is 107 cm³/mol. The van der Waals surface area contributed by atoms with Gasteiger partial charge in [-0.2, -0.15) is 0 Å². The standard InChI is InChI=1S/C22H26N2O4/c1-24-10-9-15-11-19(26-2)20(27-3)12-18(15)21(24)16(13-24)14-28-22(25)23-17-7-5-4-6-8-17/h4-8,11-12,16,21H,9-10,13-14H2,1-3H3/p+1/t16-,21-,24?/m1/s1. The highest BCUT2D eigenvalue weighted by Crippen LogP contribution is 2.50. The zero-order valence-electron chi connectivity index (χ0n) is 16.6. The van der Waals surface area contributed by atoms with Crippen LogP contribution in [0.5, 0.6) is 11.5 Å². The lowest BCUT2D eigenvalue weighted by Crippen LogP contribution is -2.66. The summed E-state index contributed by atoms with van der Waals surface area (Å²) in [4.78, 5) is 12.2. The Morgan fingerprint density at radius 3 is 2.57 bits per heavy atom. The maximum atomic E-state index is 12.2. The molecule has 0 radical (unpaired) electrons. The summed E-state index contributed by atoms with van der Waals surface area (Å²) in [5.74, 6) is 1.82. The topological polar surface area (TPSA) is 56.8 Å². The number of methoxy groups -OCH3 is 2. The van der Waals surface area contributed by atoms with E-state index >= 15 is 0 Å². The molecule has 0 saturated carbocycles. The van der Waals surface area contributed by atoms with Crippen LogP contribution in [0.25, 0.3) is 0 Å². The Bertz CT molecular complexity index is 870. The molecule has 2 aliphatic rings. The molecule has 4 rings (SSSR count). The first-order valence-corrected chi connectivity index (χ1v) is 9.62. The molecule has 0 bridgehead atoms. The highest BCUT2D eigenvalue weighted by Gasteiger charge is 2.55. The molecular formula is C22H27N2O4+. The van der Waals surface area contributed by atoms with Crippen molar-refractivity contribution >= 4 is 11.8 Å². The molecule has 0 aliphatic carbocycles. The minimum absolute atomic E-state index is 0.295. The van der Waals surface area contributed by atoms with Crippen LogP contribution in [-0.2, 0) is 11.2 Å². The number of carbonyl (C=O) groups is 1. The molecule has 2 aliphatic heterocycles.